The SMILES string of the molecule is CCN(CC)CCNC(=O)c1ccc(NC(=O)Nc2ccc(S(=O)(=O)c3ccccc3)cc2)cc1. The topological polar surface area (TPSA) is 108 Å². The minimum absolute atomic E-state index is 0.139. The third-order valence-electron chi connectivity index (χ3n) is 5.49. The van der Waals surface area contributed by atoms with Crippen molar-refractivity contribution in [3.05, 3.63) is 84.4 Å². The number of anilines is 2. The standard InChI is InChI=1S/C26H30N4O4S/c1-3-30(4-2)19-18-27-25(31)20-10-12-21(13-11-20)28-26(32)29-22-14-16-24(17-15-22)35(33,34)23-8-6-5-7-9-23/h5-17H,3-4,18-19H2,1-2H3,(H,27,31)(H2,28,29,32). The summed E-state index contributed by atoms with van der Waals surface area (Å²) in [5.41, 5.74) is 1.47. The Morgan fingerprint density at radius 3 is 1.80 bits per heavy atom. The molecule has 0 saturated heterocycles. The molecule has 0 bridgehead atoms. The molecule has 0 aromatic heterocycles. The fourth-order valence-corrected chi connectivity index (χ4v) is 4.70. The first kappa shape index (κ1) is 25.9. The molecule has 184 valence electrons. The van der Waals surface area contributed by atoms with Gasteiger partial charge in [-0.05, 0) is 73.8 Å². The number of hydrogen-bond acceptors (Lipinski definition) is 5. The molecule has 0 aliphatic heterocycles. The van der Waals surface area contributed by atoms with Crippen molar-refractivity contribution in [1.29, 1.82) is 0 Å². The number of nitrogens with zero attached hydrogens (tertiary/aromatic N) is 1. The summed E-state index contributed by atoms with van der Waals surface area (Å²) >= 11 is 0. The van der Waals surface area contributed by atoms with Crippen molar-refractivity contribution < 1.29 is 18.0 Å². The fraction of sp³-hybridized carbons (Fsp3) is 0.231. The van der Waals surface area contributed by atoms with Crippen LogP contribution in [0.2, 0.25) is 0 Å². The maximum Gasteiger partial charge on any atom is 0.323 e. The maximum absolute atomic E-state index is 12.7. The highest BCUT2D eigenvalue weighted by molar-refractivity contribution is 7.91. The zero-order valence-electron chi connectivity index (χ0n) is 19.8. The first-order valence-corrected chi connectivity index (χ1v) is 12.9. The second-order valence-electron chi connectivity index (χ2n) is 7.78. The summed E-state index contributed by atoms with van der Waals surface area (Å²) in [4.78, 5) is 27.2. The van der Waals surface area contributed by atoms with Gasteiger partial charge in [-0.3, -0.25) is 4.79 Å². The molecule has 0 spiro atoms. The Labute approximate surface area is 206 Å². The Balaban J connectivity index is 1.53. The number of carbonyl (C=O) groups excluding carboxylic acids is 2. The Hall–Kier alpha value is -3.69. The molecule has 0 aliphatic carbocycles. The van der Waals surface area contributed by atoms with Gasteiger partial charge in [0.1, 0.15) is 0 Å². The van der Waals surface area contributed by atoms with E-state index in [9.17, 15) is 18.0 Å². The van der Waals surface area contributed by atoms with E-state index < -0.39 is 15.9 Å². The Kier molecular flexibility index (Phi) is 8.99. The van der Waals surface area contributed by atoms with Crippen molar-refractivity contribution >= 4 is 33.2 Å². The molecule has 8 nitrogen and oxygen atoms in total. The summed E-state index contributed by atoms with van der Waals surface area (Å²) in [7, 11) is -3.62. The number of amides is 3. The van der Waals surface area contributed by atoms with Crippen molar-refractivity contribution in [2.45, 2.75) is 23.6 Å². The van der Waals surface area contributed by atoms with E-state index in [0.29, 0.717) is 23.5 Å². The molecule has 0 fully saturated rings. The van der Waals surface area contributed by atoms with Crippen molar-refractivity contribution in [2.24, 2.45) is 0 Å². The predicted octanol–water partition coefficient (Wildman–Crippen LogP) is 4.24. The van der Waals surface area contributed by atoms with Crippen molar-refractivity contribution in [3.63, 3.8) is 0 Å². The molecular formula is C26H30N4O4S. The van der Waals surface area contributed by atoms with Gasteiger partial charge in [0, 0.05) is 30.0 Å². The lowest BCUT2D eigenvalue weighted by molar-refractivity contribution is 0.0949. The van der Waals surface area contributed by atoms with Gasteiger partial charge in [0.25, 0.3) is 5.91 Å². The predicted molar refractivity (Wildman–Crippen MR) is 138 cm³/mol. The lowest BCUT2D eigenvalue weighted by Crippen LogP contribution is -2.34. The second kappa shape index (κ2) is 12.1. The van der Waals surface area contributed by atoms with Gasteiger partial charge < -0.3 is 20.9 Å². The van der Waals surface area contributed by atoms with E-state index in [1.807, 2.05) is 0 Å². The van der Waals surface area contributed by atoms with Gasteiger partial charge in [0.05, 0.1) is 9.79 Å². The first-order chi connectivity index (χ1) is 16.8. The largest absolute Gasteiger partial charge is 0.351 e. The van der Waals surface area contributed by atoms with Crippen molar-refractivity contribution in [1.82, 2.24) is 10.2 Å². The molecule has 0 atom stereocenters. The molecule has 3 amide bonds. The number of carbonyl (C=O) groups is 2. The van der Waals surface area contributed by atoms with E-state index in [4.69, 9.17) is 0 Å². The van der Waals surface area contributed by atoms with E-state index in [-0.39, 0.29) is 15.7 Å². The first-order valence-electron chi connectivity index (χ1n) is 11.4. The van der Waals surface area contributed by atoms with E-state index in [2.05, 4.69) is 34.7 Å². The zero-order valence-corrected chi connectivity index (χ0v) is 20.6. The van der Waals surface area contributed by atoms with E-state index >= 15 is 0 Å². The van der Waals surface area contributed by atoms with E-state index in [1.165, 1.54) is 36.4 Å². The van der Waals surface area contributed by atoms with Crippen LogP contribution in [0.15, 0.2) is 88.7 Å². The summed E-state index contributed by atoms with van der Waals surface area (Å²) in [6.07, 6.45) is 0. The van der Waals surface area contributed by atoms with Gasteiger partial charge in [-0.1, -0.05) is 32.0 Å². The lowest BCUT2D eigenvalue weighted by atomic mass is 10.2. The average molecular weight is 495 g/mol. The van der Waals surface area contributed by atoms with E-state index in [0.717, 1.165) is 19.6 Å². The summed E-state index contributed by atoms with van der Waals surface area (Å²) in [6, 6.07) is 20.2. The van der Waals surface area contributed by atoms with E-state index in [1.54, 1.807) is 42.5 Å². The van der Waals surface area contributed by atoms with Crippen LogP contribution < -0.4 is 16.0 Å². The second-order valence-corrected chi connectivity index (χ2v) is 9.73. The van der Waals surface area contributed by atoms with Crippen LogP contribution in [0.4, 0.5) is 16.2 Å². The molecule has 3 N–H and O–H groups in total. The number of urea groups is 1. The normalized spacial score (nSPS) is 11.2. The summed E-state index contributed by atoms with van der Waals surface area (Å²) in [5.74, 6) is -0.168. The Morgan fingerprint density at radius 1 is 0.743 bits per heavy atom. The van der Waals surface area contributed by atoms with Crippen LogP contribution in [-0.4, -0.2) is 51.4 Å². The third kappa shape index (κ3) is 7.14. The Morgan fingerprint density at radius 2 is 1.26 bits per heavy atom. The van der Waals surface area contributed by atoms with Crippen LogP contribution in [-0.2, 0) is 9.84 Å². The van der Waals surface area contributed by atoms with Crippen molar-refractivity contribution in [2.75, 3.05) is 36.8 Å². The molecule has 0 aliphatic rings. The minimum atomic E-state index is -3.62. The summed E-state index contributed by atoms with van der Waals surface area (Å²) < 4.78 is 25.3. The van der Waals surface area contributed by atoms with Crippen LogP contribution in [0.1, 0.15) is 24.2 Å². The molecule has 0 saturated carbocycles. The molecule has 9 heteroatoms. The number of hydrogen-bond donors (Lipinski definition) is 3. The molecule has 0 radical (unpaired) electrons. The molecule has 3 rings (SSSR count). The van der Waals surface area contributed by atoms with Gasteiger partial charge in [0.2, 0.25) is 9.84 Å². The van der Waals surface area contributed by atoms with Crippen LogP contribution >= 0.6 is 0 Å². The van der Waals surface area contributed by atoms with Crippen LogP contribution in [0, 0.1) is 0 Å². The minimum Gasteiger partial charge on any atom is -0.351 e. The van der Waals surface area contributed by atoms with Crippen LogP contribution in [0.3, 0.4) is 0 Å². The number of benzene rings is 3. The van der Waals surface area contributed by atoms with Gasteiger partial charge in [-0.25, -0.2) is 13.2 Å². The summed E-state index contributed by atoms with van der Waals surface area (Å²) in [5, 5.41) is 8.25. The fourth-order valence-electron chi connectivity index (χ4n) is 3.42. The number of likely N-dealkylation sites (N-methyl/N-ethyl adjacent to an activating group) is 1. The highest BCUT2D eigenvalue weighted by atomic mass is 32.2. The molecule has 3 aromatic rings. The third-order valence-corrected chi connectivity index (χ3v) is 7.27. The highest BCUT2D eigenvalue weighted by Crippen LogP contribution is 2.22. The lowest BCUT2D eigenvalue weighted by Gasteiger charge is -2.18. The van der Waals surface area contributed by atoms with Gasteiger partial charge in [-0.15, -0.1) is 0 Å². The molecular weight excluding hydrogens is 464 g/mol. The highest BCUT2D eigenvalue weighted by Gasteiger charge is 2.17. The van der Waals surface area contributed by atoms with Gasteiger partial charge in [-0.2, -0.15) is 0 Å². The van der Waals surface area contributed by atoms with Crippen LogP contribution in [0.25, 0.3) is 0 Å². The van der Waals surface area contributed by atoms with Gasteiger partial charge >= 0.3 is 6.03 Å². The zero-order chi connectivity index (χ0) is 25.3. The molecule has 35 heavy (non-hydrogen) atoms. The number of sulfone groups is 1. The summed E-state index contributed by atoms with van der Waals surface area (Å²) in [6.45, 7) is 7.39. The smallest absolute Gasteiger partial charge is 0.323 e. The number of nitrogens with one attached hydrogen (secondary N) is 3. The monoisotopic (exact) mass is 494 g/mol. The number of rotatable bonds is 10. The van der Waals surface area contributed by atoms with Gasteiger partial charge in [0.15, 0.2) is 0 Å². The maximum atomic E-state index is 12.7. The van der Waals surface area contributed by atoms with Crippen LogP contribution in [0.5, 0.6) is 0 Å². The van der Waals surface area contributed by atoms with Crippen molar-refractivity contribution in [3.8, 4) is 0 Å². The Bertz CT molecular complexity index is 1220. The molecule has 0 unspecified atom stereocenters. The molecule has 0 heterocycles. The average Bonchev–Trinajstić information content (AvgIpc) is 2.88. The molecule has 3 aromatic carbocycles. The quantitative estimate of drug-likeness (QED) is 0.391.